The molecule has 9 heteroatoms. The lowest BCUT2D eigenvalue weighted by Gasteiger charge is -2.38. The summed E-state index contributed by atoms with van der Waals surface area (Å²) < 4.78 is 33.6. The molecule has 0 amide bonds. The number of benzene rings is 2. The Morgan fingerprint density at radius 3 is 2.71 bits per heavy atom. The Morgan fingerprint density at radius 2 is 2.00 bits per heavy atom. The van der Waals surface area contributed by atoms with Crippen molar-refractivity contribution in [3.05, 3.63) is 76.5 Å². The Kier molecular flexibility index (Phi) is 6.02. The number of methoxy groups -OCH3 is 1. The molecule has 35 heavy (non-hydrogen) atoms. The lowest BCUT2D eigenvalue weighted by molar-refractivity contribution is -0.137. The summed E-state index contributed by atoms with van der Waals surface area (Å²) in [5, 5.41) is 14.5. The first-order valence-electron chi connectivity index (χ1n) is 11.4. The number of aliphatic imine (C=N–C) groups is 1. The van der Waals surface area contributed by atoms with Gasteiger partial charge >= 0.3 is 0 Å². The van der Waals surface area contributed by atoms with Crippen LogP contribution in [0.25, 0.3) is 6.08 Å². The molecule has 0 bridgehead atoms. The zero-order valence-corrected chi connectivity index (χ0v) is 19.5. The summed E-state index contributed by atoms with van der Waals surface area (Å²) in [5.41, 5.74) is 2.52. The number of amidine groups is 1. The van der Waals surface area contributed by atoms with Gasteiger partial charge in [-0.25, -0.2) is 8.78 Å². The van der Waals surface area contributed by atoms with E-state index in [1.54, 1.807) is 18.3 Å². The number of ether oxygens (including phenoxy) is 1. The molecule has 2 aromatic rings. The van der Waals surface area contributed by atoms with Crippen LogP contribution in [0.1, 0.15) is 30.9 Å². The van der Waals surface area contributed by atoms with Gasteiger partial charge in [0.2, 0.25) is 0 Å². The fourth-order valence-electron chi connectivity index (χ4n) is 4.69. The van der Waals surface area contributed by atoms with Crippen LogP contribution in [0, 0.1) is 11.6 Å². The molecule has 3 aliphatic rings. The van der Waals surface area contributed by atoms with Gasteiger partial charge in [-0.2, -0.15) is 0 Å². The quantitative estimate of drug-likeness (QED) is 0.687. The number of aliphatic hydroxyl groups is 1. The second-order valence-corrected chi connectivity index (χ2v) is 8.80. The van der Waals surface area contributed by atoms with E-state index in [4.69, 9.17) is 9.57 Å². The topological polar surface area (TPSA) is 69.9 Å². The monoisotopic (exact) mass is 480 g/mol. The molecule has 7 nitrogen and oxygen atoms in total. The van der Waals surface area contributed by atoms with Gasteiger partial charge in [-0.1, -0.05) is 11.2 Å². The van der Waals surface area contributed by atoms with Crippen molar-refractivity contribution in [2.75, 3.05) is 31.7 Å². The highest BCUT2D eigenvalue weighted by Crippen LogP contribution is 2.41. The highest BCUT2D eigenvalue weighted by atomic mass is 19.1. The molecule has 0 spiro atoms. The largest absolute Gasteiger partial charge is 0.495 e. The van der Waals surface area contributed by atoms with Crippen LogP contribution < -0.4 is 9.64 Å². The Morgan fingerprint density at radius 1 is 1.20 bits per heavy atom. The zero-order valence-electron chi connectivity index (χ0n) is 19.5. The number of oxime groups is 1. The standard InChI is InChI=1S/C26H26F2N4O3/c1-17-13-29-16-31(14-17)23-6-5-18(9-24(23)34-2)8-19-4-3-7-32-25(19)30-35-26(32,15-33)20-10-21(27)12-22(28)11-20/h5-6,8-12,14,16,33H,3-4,7,13,15H2,1-2H3/b19-8+. The van der Waals surface area contributed by atoms with E-state index < -0.39 is 24.0 Å². The van der Waals surface area contributed by atoms with Crippen LogP contribution in [0.5, 0.6) is 5.75 Å². The molecular formula is C26H26F2N4O3. The number of anilines is 1. The first-order chi connectivity index (χ1) is 16.9. The summed E-state index contributed by atoms with van der Waals surface area (Å²) in [6, 6.07) is 9.00. The second-order valence-electron chi connectivity index (χ2n) is 8.80. The number of hydrogen-bond acceptors (Lipinski definition) is 7. The fourth-order valence-corrected chi connectivity index (χ4v) is 4.69. The van der Waals surface area contributed by atoms with Crippen molar-refractivity contribution >= 4 is 23.9 Å². The number of aliphatic hydroxyl groups excluding tert-OH is 1. The van der Waals surface area contributed by atoms with Gasteiger partial charge in [-0.3, -0.25) is 4.99 Å². The van der Waals surface area contributed by atoms with Crippen molar-refractivity contribution < 1.29 is 23.5 Å². The fraction of sp³-hybridized carbons (Fsp3) is 0.308. The van der Waals surface area contributed by atoms with Crippen molar-refractivity contribution in [2.45, 2.75) is 25.5 Å². The summed E-state index contributed by atoms with van der Waals surface area (Å²) in [6.07, 6.45) is 7.29. The third kappa shape index (κ3) is 4.16. The minimum Gasteiger partial charge on any atom is -0.495 e. The first-order valence-corrected chi connectivity index (χ1v) is 11.4. The van der Waals surface area contributed by atoms with E-state index in [2.05, 4.69) is 10.1 Å². The third-order valence-electron chi connectivity index (χ3n) is 6.35. The maximum atomic E-state index is 14.0. The molecule has 1 atom stereocenters. The van der Waals surface area contributed by atoms with E-state index in [0.29, 0.717) is 24.7 Å². The molecule has 3 heterocycles. The van der Waals surface area contributed by atoms with Gasteiger partial charge in [-0.05, 0) is 66.8 Å². The number of fused-ring (bicyclic) bond motifs is 1. The van der Waals surface area contributed by atoms with E-state index in [0.717, 1.165) is 41.3 Å². The first kappa shape index (κ1) is 23.0. The number of piperidine rings is 1. The van der Waals surface area contributed by atoms with Crippen molar-refractivity contribution in [1.82, 2.24) is 4.90 Å². The van der Waals surface area contributed by atoms with Crippen LogP contribution in [0.3, 0.4) is 0 Å². The van der Waals surface area contributed by atoms with Gasteiger partial charge in [0.05, 0.1) is 25.7 Å². The van der Waals surface area contributed by atoms with Gasteiger partial charge in [0.25, 0.3) is 5.72 Å². The van der Waals surface area contributed by atoms with Gasteiger partial charge < -0.3 is 24.5 Å². The SMILES string of the molecule is COc1cc(/C=C2\CCCN3C2=NOC3(CO)c2cc(F)cc(F)c2)ccc1N1C=NCC(C)=C1. The summed E-state index contributed by atoms with van der Waals surface area (Å²) in [5.74, 6) is -0.254. The number of rotatable bonds is 5. The Balaban J connectivity index is 1.47. The normalized spacial score (nSPS) is 22.6. The van der Waals surface area contributed by atoms with E-state index in [1.807, 2.05) is 42.3 Å². The molecule has 1 saturated heterocycles. The molecule has 0 aromatic heterocycles. The Bertz CT molecular complexity index is 1250. The molecule has 2 aromatic carbocycles. The molecule has 182 valence electrons. The Labute approximate surface area is 202 Å². The minimum atomic E-state index is -1.48. The average Bonchev–Trinajstić information content (AvgIpc) is 3.24. The third-order valence-corrected chi connectivity index (χ3v) is 6.35. The molecule has 0 radical (unpaired) electrons. The van der Waals surface area contributed by atoms with Gasteiger partial charge in [0, 0.05) is 24.4 Å². The van der Waals surface area contributed by atoms with E-state index >= 15 is 0 Å². The number of nitrogens with zero attached hydrogens (tertiary/aromatic N) is 4. The van der Waals surface area contributed by atoms with E-state index in [9.17, 15) is 13.9 Å². The van der Waals surface area contributed by atoms with Crippen LogP contribution in [0.15, 0.2) is 63.9 Å². The van der Waals surface area contributed by atoms with Crippen molar-refractivity contribution in [3.63, 3.8) is 0 Å². The summed E-state index contributed by atoms with van der Waals surface area (Å²) in [6.45, 7) is 2.72. The van der Waals surface area contributed by atoms with Crippen LogP contribution in [-0.4, -0.2) is 49.0 Å². The smallest absolute Gasteiger partial charge is 0.260 e. The second kappa shape index (κ2) is 9.14. The van der Waals surface area contributed by atoms with Crippen molar-refractivity contribution in [1.29, 1.82) is 0 Å². The van der Waals surface area contributed by atoms with Crippen LogP contribution in [0.2, 0.25) is 0 Å². The number of hydrogen-bond donors (Lipinski definition) is 1. The lowest BCUT2D eigenvalue weighted by Crippen LogP contribution is -2.51. The van der Waals surface area contributed by atoms with E-state index in [1.165, 1.54) is 12.1 Å². The average molecular weight is 481 g/mol. The predicted molar refractivity (Wildman–Crippen MR) is 130 cm³/mol. The Hall–Kier alpha value is -3.72. The van der Waals surface area contributed by atoms with Crippen LogP contribution >= 0.6 is 0 Å². The molecule has 1 N–H and O–H groups in total. The molecule has 3 aliphatic heterocycles. The van der Waals surface area contributed by atoms with Gasteiger partial charge in [0.1, 0.15) is 24.0 Å². The molecule has 5 rings (SSSR count). The van der Waals surface area contributed by atoms with Crippen LogP contribution in [-0.2, 0) is 10.6 Å². The summed E-state index contributed by atoms with van der Waals surface area (Å²) in [4.78, 5) is 13.8. The van der Waals surface area contributed by atoms with Crippen molar-refractivity contribution in [2.24, 2.45) is 10.1 Å². The van der Waals surface area contributed by atoms with Gasteiger partial charge in [-0.15, -0.1) is 0 Å². The highest BCUT2D eigenvalue weighted by Gasteiger charge is 2.49. The van der Waals surface area contributed by atoms with E-state index in [-0.39, 0.29) is 5.56 Å². The van der Waals surface area contributed by atoms with Crippen LogP contribution in [0.4, 0.5) is 14.5 Å². The predicted octanol–water partition coefficient (Wildman–Crippen LogP) is 4.39. The highest BCUT2D eigenvalue weighted by molar-refractivity contribution is 6.03. The zero-order chi connectivity index (χ0) is 24.6. The van der Waals surface area contributed by atoms with Crippen molar-refractivity contribution in [3.8, 4) is 5.75 Å². The molecule has 1 unspecified atom stereocenters. The number of halogens is 2. The molecular weight excluding hydrogens is 454 g/mol. The lowest BCUT2D eigenvalue weighted by atomic mass is 9.94. The molecule has 0 aliphatic carbocycles. The van der Waals surface area contributed by atoms with Gasteiger partial charge in [0.15, 0.2) is 5.84 Å². The molecule has 1 fully saturated rings. The summed E-state index contributed by atoms with van der Waals surface area (Å²) >= 11 is 0. The molecule has 0 saturated carbocycles. The maximum Gasteiger partial charge on any atom is 0.260 e. The minimum absolute atomic E-state index is 0.176. The maximum absolute atomic E-state index is 14.0. The summed E-state index contributed by atoms with van der Waals surface area (Å²) in [7, 11) is 1.62.